The molecule has 8 heteroatoms. The van der Waals surface area contributed by atoms with Gasteiger partial charge in [0.2, 0.25) is 10.0 Å². The van der Waals surface area contributed by atoms with Crippen LogP contribution in [-0.2, 0) is 21.2 Å². The normalized spacial score (nSPS) is 16.3. The number of hydrogen-bond acceptors (Lipinski definition) is 4. The molecule has 0 spiro atoms. The van der Waals surface area contributed by atoms with Crippen LogP contribution in [0.25, 0.3) is 0 Å². The molecule has 1 N–H and O–H groups in total. The molecule has 0 bridgehead atoms. The average molecular weight is 437 g/mol. The topological polar surface area (TPSA) is 75.7 Å². The summed E-state index contributed by atoms with van der Waals surface area (Å²) in [5, 5.41) is 3.13. The second kappa shape index (κ2) is 9.71. The van der Waals surface area contributed by atoms with Gasteiger partial charge in [0, 0.05) is 19.1 Å². The predicted octanol–water partition coefficient (Wildman–Crippen LogP) is 3.11. The Balaban J connectivity index is 1.69. The summed E-state index contributed by atoms with van der Waals surface area (Å²) in [7, 11) is -3.69. The summed E-state index contributed by atoms with van der Waals surface area (Å²) in [6, 6.07) is 14.2. The van der Waals surface area contributed by atoms with Crippen molar-refractivity contribution in [1.29, 1.82) is 0 Å². The van der Waals surface area contributed by atoms with E-state index in [2.05, 4.69) is 5.32 Å². The molecular formula is C21H25ClN2O4S. The van der Waals surface area contributed by atoms with Crippen molar-refractivity contribution in [3.63, 3.8) is 0 Å². The van der Waals surface area contributed by atoms with Gasteiger partial charge >= 0.3 is 0 Å². The molecule has 0 saturated carbocycles. The van der Waals surface area contributed by atoms with Gasteiger partial charge in [0.05, 0.1) is 28.7 Å². The SMILES string of the molecule is CC(CCc1ccccc1)NC(=O)c1cc(S(=O)(=O)N2CCOCC2)ccc1Cl. The Morgan fingerprint density at radius 2 is 1.86 bits per heavy atom. The van der Waals surface area contributed by atoms with E-state index < -0.39 is 10.0 Å². The largest absolute Gasteiger partial charge is 0.379 e. The molecule has 1 aliphatic rings. The molecule has 1 aliphatic heterocycles. The molecule has 2 aromatic rings. The Kier molecular flexibility index (Phi) is 7.29. The second-order valence-electron chi connectivity index (χ2n) is 7.06. The molecule has 1 atom stereocenters. The summed E-state index contributed by atoms with van der Waals surface area (Å²) in [4.78, 5) is 12.8. The molecule has 1 unspecified atom stereocenters. The Hall–Kier alpha value is -1.93. The smallest absolute Gasteiger partial charge is 0.253 e. The summed E-state index contributed by atoms with van der Waals surface area (Å²) in [5.41, 5.74) is 1.36. The van der Waals surface area contributed by atoms with E-state index in [1.165, 1.54) is 28.1 Å². The van der Waals surface area contributed by atoms with Gasteiger partial charge in [-0.2, -0.15) is 4.31 Å². The molecule has 0 aliphatic carbocycles. The van der Waals surface area contributed by atoms with Crippen molar-refractivity contribution in [2.75, 3.05) is 26.3 Å². The fourth-order valence-corrected chi connectivity index (χ4v) is 4.81. The van der Waals surface area contributed by atoms with Crippen LogP contribution in [0.5, 0.6) is 0 Å². The summed E-state index contributed by atoms with van der Waals surface area (Å²) < 4.78 is 32.3. The van der Waals surface area contributed by atoms with E-state index in [4.69, 9.17) is 16.3 Å². The van der Waals surface area contributed by atoms with Crippen LogP contribution >= 0.6 is 11.6 Å². The minimum atomic E-state index is -3.69. The van der Waals surface area contributed by atoms with Crippen LogP contribution in [0.15, 0.2) is 53.4 Å². The average Bonchev–Trinajstić information content (AvgIpc) is 2.73. The number of carbonyl (C=O) groups is 1. The van der Waals surface area contributed by atoms with Gasteiger partial charge in [-0.3, -0.25) is 4.79 Å². The number of nitrogens with zero attached hydrogens (tertiary/aromatic N) is 1. The standard InChI is InChI=1S/C21H25ClN2O4S/c1-16(7-8-17-5-3-2-4-6-17)23-21(25)19-15-18(9-10-20(19)22)29(26,27)24-11-13-28-14-12-24/h2-6,9-10,15-16H,7-8,11-14H2,1H3,(H,23,25). The van der Waals surface area contributed by atoms with Crippen LogP contribution in [0.3, 0.4) is 0 Å². The number of benzene rings is 2. The minimum Gasteiger partial charge on any atom is -0.379 e. The number of halogens is 1. The van der Waals surface area contributed by atoms with Crippen molar-refractivity contribution in [2.45, 2.75) is 30.7 Å². The fraction of sp³-hybridized carbons (Fsp3) is 0.381. The van der Waals surface area contributed by atoms with Crippen LogP contribution in [0.2, 0.25) is 5.02 Å². The number of hydrogen-bond donors (Lipinski definition) is 1. The second-order valence-corrected chi connectivity index (χ2v) is 9.40. The number of morpholine rings is 1. The first-order chi connectivity index (χ1) is 13.9. The Morgan fingerprint density at radius 1 is 1.17 bits per heavy atom. The van der Waals surface area contributed by atoms with Gasteiger partial charge in [-0.05, 0) is 43.5 Å². The van der Waals surface area contributed by atoms with Crippen molar-refractivity contribution in [3.05, 3.63) is 64.7 Å². The molecule has 1 amide bonds. The number of ether oxygens (including phenoxy) is 1. The minimum absolute atomic E-state index is 0.0610. The van der Waals surface area contributed by atoms with Crippen molar-refractivity contribution in [3.8, 4) is 0 Å². The molecule has 1 heterocycles. The van der Waals surface area contributed by atoms with E-state index in [0.29, 0.717) is 26.3 Å². The maximum atomic E-state index is 12.9. The molecule has 3 rings (SSSR count). The molecule has 1 saturated heterocycles. The van der Waals surface area contributed by atoms with E-state index in [9.17, 15) is 13.2 Å². The number of nitrogens with one attached hydrogen (secondary N) is 1. The van der Waals surface area contributed by atoms with Crippen LogP contribution < -0.4 is 5.32 Å². The van der Waals surface area contributed by atoms with E-state index in [-0.39, 0.29) is 27.4 Å². The van der Waals surface area contributed by atoms with Crippen LogP contribution in [0, 0.1) is 0 Å². The number of carbonyl (C=O) groups excluding carboxylic acids is 1. The van der Waals surface area contributed by atoms with Gasteiger partial charge in [0.1, 0.15) is 0 Å². The number of sulfonamides is 1. The van der Waals surface area contributed by atoms with Crippen molar-refractivity contribution in [1.82, 2.24) is 9.62 Å². The van der Waals surface area contributed by atoms with Gasteiger partial charge in [-0.25, -0.2) is 8.42 Å². The highest BCUT2D eigenvalue weighted by molar-refractivity contribution is 7.89. The van der Waals surface area contributed by atoms with Crippen molar-refractivity contribution >= 4 is 27.5 Å². The highest BCUT2D eigenvalue weighted by Gasteiger charge is 2.27. The zero-order valence-corrected chi connectivity index (χ0v) is 17.9. The van der Waals surface area contributed by atoms with E-state index in [0.717, 1.165) is 12.8 Å². The number of rotatable bonds is 7. The maximum absolute atomic E-state index is 12.9. The third-order valence-electron chi connectivity index (χ3n) is 4.88. The fourth-order valence-electron chi connectivity index (χ4n) is 3.18. The summed E-state index contributed by atoms with van der Waals surface area (Å²) in [6.07, 6.45) is 1.60. The van der Waals surface area contributed by atoms with Gasteiger partial charge in [0.25, 0.3) is 5.91 Å². The molecule has 0 radical (unpaired) electrons. The molecule has 6 nitrogen and oxygen atoms in total. The molecule has 156 valence electrons. The quantitative estimate of drug-likeness (QED) is 0.723. The molecule has 29 heavy (non-hydrogen) atoms. The Bertz CT molecular complexity index is 944. The van der Waals surface area contributed by atoms with Gasteiger partial charge in [-0.1, -0.05) is 41.9 Å². The Morgan fingerprint density at radius 3 is 2.55 bits per heavy atom. The molecule has 1 fully saturated rings. The van der Waals surface area contributed by atoms with Gasteiger partial charge < -0.3 is 10.1 Å². The van der Waals surface area contributed by atoms with Crippen LogP contribution in [-0.4, -0.2) is 51.0 Å². The van der Waals surface area contributed by atoms with Crippen molar-refractivity contribution < 1.29 is 17.9 Å². The zero-order valence-electron chi connectivity index (χ0n) is 16.3. The third kappa shape index (κ3) is 5.57. The first kappa shape index (κ1) is 21.8. The lowest BCUT2D eigenvalue weighted by atomic mass is 10.1. The maximum Gasteiger partial charge on any atom is 0.253 e. The summed E-state index contributed by atoms with van der Waals surface area (Å²) in [6.45, 7) is 3.23. The predicted molar refractivity (Wildman–Crippen MR) is 113 cm³/mol. The highest BCUT2D eigenvalue weighted by Crippen LogP contribution is 2.24. The number of aryl methyl sites for hydroxylation is 1. The van der Waals surface area contributed by atoms with Gasteiger partial charge in [-0.15, -0.1) is 0 Å². The van der Waals surface area contributed by atoms with Gasteiger partial charge in [0.15, 0.2) is 0 Å². The summed E-state index contributed by atoms with van der Waals surface area (Å²) >= 11 is 6.19. The lowest BCUT2D eigenvalue weighted by Gasteiger charge is -2.26. The molecular weight excluding hydrogens is 412 g/mol. The summed E-state index contributed by atoms with van der Waals surface area (Å²) in [5.74, 6) is -0.380. The zero-order chi connectivity index (χ0) is 20.9. The number of amides is 1. The Labute approximate surface area is 176 Å². The van der Waals surface area contributed by atoms with Crippen molar-refractivity contribution in [2.24, 2.45) is 0 Å². The van der Waals surface area contributed by atoms with E-state index >= 15 is 0 Å². The lowest BCUT2D eigenvalue weighted by molar-refractivity contribution is 0.0730. The molecule has 0 aromatic heterocycles. The highest BCUT2D eigenvalue weighted by atomic mass is 35.5. The first-order valence-corrected chi connectivity index (χ1v) is 11.4. The lowest BCUT2D eigenvalue weighted by Crippen LogP contribution is -2.40. The van der Waals surface area contributed by atoms with Crippen LogP contribution in [0.1, 0.15) is 29.3 Å². The first-order valence-electron chi connectivity index (χ1n) is 9.60. The van der Waals surface area contributed by atoms with E-state index in [1.54, 1.807) is 0 Å². The third-order valence-corrected chi connectivity index (χ3v) is 7.10. The van der Waals surface area contributed by atoms with E-state index in [1.807, 2.05) is 37.3 Å². The monoisotopic (exact) mass is 436 g/mol. The molecule has 2 aromatic carbocycles. The van der Waals surface area contributed by atoms with Crippen LogP contribution in [0.4, 0.5) is 0 Å².